The molecule has 0 saturated heterocycles. The normalized spacial score (nSPS) is 15.7. The lowest BCUT2D eigenvalue weighted by Crippen LogP contribution is -2.36. The summed E-state index contributed by atoms with van der Waals surface area (Å²) in [5, 5.41) is 2.58. The molecule has 2 rings (SSSR count). The number of amides is 2. The van der Waals surface area contributed by atoms with Crippen molar-refractivity contribution in [2.75, 3.05) is 18.5 Å². The maximum absolute atomic E-state index is 12.3. The molecule has 1 aromatic rings. The first-order valence-corrected chi connectivity index (χ1v) is 8.52. The number of rotatable bonds is 4. The minimum absolute atomic E-state index is 0.106. The molecule has 0 saturated carbocycles. The fraction of sp³-hybridized carbons (Fsp3) is 0.500. The first-order valence-electron chi connectivity index (χ1n) is 7.03. The largest absolute Gasteiger partial charge is 0.341 e. The van der Waals surface area contributed by atoms with Crippen LogP contribution in [-0.4, -0.2) is 34.1 Å². The number of anilines is 1. The number of hydrogen-bond donors (Lipinski definition) is 2. The van der Waals surface area contributed by atoms with Crippen molar-refractivity contribution in [3.8, 4) is 0 Å². The molecule has 2 amide bonds. The summed E-state index contributed by atoms with van der Waals surface area (Å²) in [6, 6.07) is 4.61. The van der Waals surface area contributed by atoms with Crippen LogP contribution in [0.4, 0.5) is 10.5 Å². The van der Waals surface area contributed by atoms with Gasteiger partial charge >= 0.3 is 6.03 Å². The molecule has 2 N–H and O–H groups in total. The van der Waals surface area contributed by atoms with Crippen LogP contribution >= 0.6 is 0 Å². The monoisotopic (exact) mass is 311 g/mol. The third-order valence-corrected chi connectivity index (χ3v) is 5.27. The highest BCUT2D eigenvalue weighted by atomic mass is 32.2. The van der Waals surface area contributed by atoms with Crippen LogP contribution < -0.4 is 14.9 Å². The highest BCUT2D eigenvalue weighted by molar-refractivity contribution is 7.89. The summed E-state index contributed by atoms with van der Waals surface area (Å²) in [7, 11) is -1.93. The maximum Gasteiger partial charge on any atom is 0.321 e. The number of nitrogens with one attached hydrogen (secondary N) is 2. The predicted molar refractivity (Wildman–Crippen MR) is 82.0 cm³/mol. The summed E-state index contributed by atoms with van der Waals surface area (Å²) in [4.78, 5) is 13.6. The van der Waals surface area contributed by atoms with Gasteiger partial charge < -0.3 is 5.32 Å². The summed E-state index contributed by atoms with van der Waals surface area (Å²) in [5.74, 6) is 0. The van der Waals surface area contributed by atoms with Gasteiger partial charge in [-0.25, -0.2) is 17.9 Å². The number of fused-ring (bicyclic) bond motifs is 1. The van der Waals surface area contributed by atoms with E-state index in [4.69, 9.17) is 0 Å². The van der Waals surface area contributed by atoms with E-state index in [1.54, 1.807) is 30.1 Å². The van der Waals surface area contributed by atoms with E-state index >= 15 is 0 Å². The number of nitrogens with zero attached hydrogens (tertiary/aromatic N) is 1. The van der Waals surface area contributed by atoms with Crippen molar-refractivity contribution in [2.45, 2.75) is 37.6 Å². The van der Waals surface area contributed by atoms with E-state index in [9.17, 15) is 13.2 Å². The Kier molecular flexibility index (Phi) is 4.53. The zero-order valence-corrected chi connectivity index (χ0v) is 13.3. The molecule has 1 aliphatic rings. The molecule has 0 aliphatic carbocycles. The molecular formula is C14H21N3O3S. The van der Waals surface area contributed by atoms with Crippen LogP contribution in [0.5, 0.6) is 0 Å². The Balaban J connectivity index is 2.29. The molecule has 116 valence electrons. The first-order chi connectivity index (χ1) is 9.89. The Hall–Kier alpha value is -1.60. The van der Waals surface area contributed by atoms with E-state index in [2.05, 4.69) is 10.0 Å². The van der Waals surface area contributed by atoms with Gasteiger partial charge in [0.15, 0.2) is 0 Å². The average Bonchev–Trinajstić information content (AvgIpc) is 2.88. The molecule has 1 aliphatic heterocycles. The van der Waals surface area contributed by atoms with Crippen molar-refractivity contribution in [1.82, 2.24) is 10.0 Å². The molecule has 0 spiro atoms. The molecule has 1 atom stereocenters. The van der Waals surface area contributed by atoms with Gasteiger partial charge in [0, 0.05) is 25.3 Å². The molecule has 0 bridgehead atoms. The third-order valence-electron chi connectivity index (χ3n) is 3.68. The van der Waals surface area contributed by atoms with Crippen molar-refractivity contribution in [2.24, 2.45) is 0 Å². The molecule has 7 heteroatoms. The predicted octanol–water partition coefficient (Wildman–Crippen LogP) is 1.47. The first kappa shape index (κ1) is 15.8. The molecule has 6 nitrogen and oxygen atoms in total. The standard InChI is InChI=1S/C14H21N3O3S/c1-4-10(2)16-21(19,20)12-5-6-13-11(9-12)7-8-17(13)14(18)15-3/h5-6,9-10,16H,4,7-8H2,1-3H3,(H,15,18)/t10-/m0/s1. The molecule has 0 radical (unpaired) electrons. The third kappa shape index (κ3) is 3.19. The second-order valence-corrected chi connectivity index (χ2v) is 6.89. The number of carbonyl (C=O) groups is 1. The summed E-state index contributed by atoms with van der Waals surface area (Å²) < 4.78 is 27.2. The highest BCUT2D eigenvalue weighted by Gasteiger charge is 2.26. The maximum atomic E-state index is 12.3. The summed E-state index contributed by atoms with van der Waals surface area (Å²) in [6.45, 7) is 4.33. The van der Waals surface area contributed by atoms with Crippen molar-refractivity contribution in [3.63, 3.8) is 0 Å². The molecule has 1 heterocycles. The molecular weight excluding hydrogens is 290 g/mol. The summed E-state index contributed by atoms with van der Waals surface area (Å²) in [6.07, 6.45) is 1.39. The fourth-order valence-corrected chi connectivity index (χ4v) is 3.68. The lowest BCUT2D eigenvalue weighted by Gasteiger charge is -2.17. The Morgan fingerprint density at radius 2 is 2.14 bits per heavy atom. The van der Waals surface area contributed by atoms with Crippen molar-refractivity contribution in [3.05, 3.63) is 23.8 Å². The molecule has 0 unspecified atom stereocenters. The average molecular weight is 311 g/mol. The number of carbonyl (C=O) groups excluding carboxylic acids is 1. The Morgan fingerprint density at radius 3 is 2.76 bits per heavy atom. The van der Waals surface area contributed by atoms with E-state index in [-0.39, 0.29) is 17.0 Å². The lowest BCUT2D eigenvalue weighted by molar-refractivity contribution is 0.248. The second-order valence-electron chi connectivity index (χ2n) is 5.18. The van der Waals surface area contributed by atoms with Crippen LogP contribution in [0.2, 0.25) is 0 Å². The second kappa shape index (κ2) is 6.03. The minimum atomic E-state index is -3.51. The van der Waals surface area contributed by atoms with Gasteiger partial charge in [-0.2, -0.15) is 0 Å². The summed E-state index contributed by atoms with van der Waals surface area (Å²) >= 11 is 0. The van der Waals surface area contributed by atoms with Crippen LogP contribution in [0.15, 0.2) is 23.1 Å². The van der Waals surface area contributed by atoms with Gasteiger partial charge in [0.1, 0.15) is 0 Å². The van der Waals surface area contributed by atoms with Gasteiger partial charge in [0.25, 0.3) is 0 Å². The van der Waals surface area contributed by atoms with Crippen molar-refractivity contribution < 1.29 is 13.2 Å². The van der Waals surface area contributed by atoms with Crippen LogP contribution in [0.1, 0.15) is 25.8 Å². The number of sulfonamides is 1. The SMILES string of the molecule is CC[C@H](C)NS(=O)(=O)c1ccc2c(c1)CCN2C(=O)NC. The van der Waals surface area contributed by atoms with Crippen LogP contribution in [0.3, 0.4) is 0 Å². The van der Waals surface area contributed by atoms with Gasteiger partial charge in [0.2, 0.25) is 10.0 Å². The van der Waals surface area contributed by atoms with Crippen molar-refractivity contribution >= 4 is 21.7 Å². The minimum Gasteiger partial charge on any atom is -0.341 e. The number of hydrogen-bond acceptors (Lipinski definition) is 3. The molecule has 0 aromatic heterocycles. The fourth-order valence-electron chi connectivity index (χ4n) is 2.31. The van der Waals surface area contributed by atoms with E-state index in [0.29, 0.717) is 13.0 Å². The van der Waals surface area contributed by atoms with Gasteiger partial charge in [-0.15, -0.1) is 0 Å². The summed E-state index contributed by atoms with van der Waals surface area (Å²) in [5.41, 5.74) is 1.66. The molecule has 0 fully saturated rings. The topological polar surface area (TPSA) is 78.5 Å². The van der Waals surface area contributed by atoms with E-state index in [0.717, 1.165) is 17.7 Å². The van der Waals surface area contributed by atoms with Gasteiger partial charge in [0.05, 0.1) is 4.90 Å². The number of benzene rings is 1. The lowest BCUT2D eigenvalue weighted by atomic mass is 10.2. The van der Waals surface area contributed by atoms with E-state index in [1.165, 1.54) is 0 Å². The molecule has 21 heavy (non-hydrogen) atoms. The highest BCUT2D eigenvalue weighted by Crippen LogP contribution is 2.30. The quantitative estimate of drug-likeness (QED) is 0.884. The van der Waals surface area contributed by atoms with Gasteiger partial charge in [-0.3, -0.25) is 4.90 Å². The van der Waals surface area contributed by atoms with Crippen LogP contribution in [-0.2, 0) is 16.4 Å². The smallest absolute Gasteiger partial charge is 0.321 e. The Morgan fingerprint density at radius 1 is 1.43 bits per heavy atom. The zero-order valence-electron chi connectivity index (χ0n) is 12.5. The molecule has 1 aromatic carbocycles. The van der Waals surface area contributed by atoms with Gasteiger partial charge in [-0.1, -0.05) is 6.92 Å². The number of urea groups is 1. The Labute approximate surface area is 125 Å². The Bertz CT molecular complexity index is 643. The van der Waals surface area contributed by atoms with Crippen LogP contribution in [0.25, 0.3) is 0 Å². The van der Waals surface area contributed by atoms with E-state index in [1.807, 2.05) is 13.8 Å². The van der Waals surface area contributed by atoms with Crippen molar-refractivity contribution in [1.29, 1.82) is 0 Å². The van der Waals surface area contributed by atoms with Crippen LogP contribution in [0, 0.1) is 0 Å². The van der Waals surface area contributed by atoms with Gasteiger partial charge in [-0.05, 0) is 43.5 Å². The van der Waals surface area contributed by atoms with E-state index < -0.39 is 10.0 Å². The zero-order chi connectivity index (χ0) is 15.6.